The lowest BCUT2D eigenvalue weighted by Crippen LogP contribution is -2.41. The molecular weight excluding hydrogens is 306 g/mol. The molecule has 1 atom stereocenters. The van der Waals surface area contributed by atoms with Gasteiger partial charge >= 0.3 is 0 Å². The zero-order chi connectivity index (χ0) is 16.9. The van der Waals surface area contributed by atoms with Gasteiger partial charge in [-0.15, -0.1) is 0 Å². The maximum Gasteiger partial charge on any atom is 0.253 e. The first kappa shape index (κ1) is 14.9. The molecule has 2 amide bonds. The fraction of sp³-hybridized carbons (Fsp3) is 0.389. The largest absolute Gasteiger partial charge is 0.341 e. The van der Waals surface area contributed by atoms with Crippen LogP contribution in [0.4, 0.5) is 5.88 Å². The molecule has 1 aliphatic heterocycles. The average molecular weight is 325 g/mol. The fourth-order valence-corrected chi connectivity index (χ4v) is 3.15. The number of nitrogens with zero attached hydrogens (tertiary/aromatic N) is 2. The molecule has 0 bridgehead atoms. The van der Waals surface area contributed by atoms with Crippen LogP contribution in [0, 0.1) is 0 Å². The van der Waals surface area contributed by atoms with Gasteiger partial charge in [0.05, 0.1) is 11.6 Å². The number of carbonyl (C=O) groups is 2. The van der Waals surface area contributed by atoms with Crippen LogP contribution in [0.1, 0.15) is 47.3 Å². The molecule has 6 heteroatoms. The zero-order valence-electron chi connectivity index (χ0n) is 13.7. The highest BCUT2D eigenvalue weighted by Crippen LogP contribution is 2.47. The Morgan fingerprint density at radius 3 is 2.88 bits per heavy atom. The van der Waals surface area contributed by atoms with Gasteiger partial charge in [0.2, 0.25) is 11.8 Å². The normalized spacial score (nSPS) is 21.3. The van der Waals surface area contributed by atoms with Crippen LogP contribution in [0.15, 0.2) is 34.9 Å². The molecule has 6 nitrogen and oxygen atoms in total. The number of likely N-dealkylation sites (N-methyl/N-ethyl adjacent to an activating group) is 1. The minimum absolute atomic E-state index is 0.0572. The first-order valence-corrected chi connectivity index (χ1v) is 8.10. The molecule has 1 aliphatic carbocycles. The van der Waals surface area contributed by atoms with E-state index in [9.17, 15) is 9.59 Å². The van der Waals surface area contributed by atoms with Crippen molar-refractivity contribution in [2.75, 3.05) is 18.9 Å². The number of fused-ring (bicyclic) bond motifs is 1. The average Bonchev–Trinajstić information content (AvgIpc) is 3.15. The topological polar surface area (TPSA) is 75.4 Å². The van der Waals surface area contributed by atoms with E-state index in [1.54, 1.807) is 24.1 Å². The Hall–Kier alpha value is -2.63. The van der Waals surface area contributed by atoms with Gasteiger partial charge in [0, 0.05) is 30.6 Å². The number of rotatable bonds is 3. The van der Waals surface area contributed by atoms with E-state index >= 15 is 0 Å². The van der Waals surface area contributed by atoms with E-state index < -0.39 is 5.92 Å². The second-order valence-electron chi connectivity index (χ2n) is 6.95. The minimum Gasteiger partial charge on any atom is -0.341 e. The summed E-state index contributed by atoms with van der Waals surface area (Å²) in [6, 6.07) is 9.05. The Kier molecular flexibility index (Phi) is 3.23. The Morgan fingerprint density at radius 1 is 1.38 bits per heavy atom. The smallest absolute Gasteiger partial charge is 0.253 e. The predicted octanol–water partition coefficient (Wildman–Crippen LogP) is 2.53. The van der Waals surface area contributed by atoms with Gasteiger partial charge in [-0.25, -0.2) is 0 Å². The molecule has 1 saturated carbocycles. The number of amides is 2. The predicted molar refractivity (Wildman–Crippen MR) is 87.9 cm³/mol. The summed E-state index contributed by atoms with van der Waals surface area (Å²) in [6.45, 7) is 2.48. The molecule has 2 heterocycles. The molecule has 1 aromatic heterocycles. The highest BCUT2D eigenvalue weighted by molar-refractivity contribution is 6.03. The molecule has 2 aromatic rings. The van der Waals surface area contributed by atoms with Gasteiger partial charge in [-0.3, -0.25) is 14.9 Å². The molecule has 1 fully saturated rings. The van der Waals surface area contributed by atoms with E-state index in [-0.39, 0.29) is 17.2 Å². The van der Waals surface area contributed by atoms with Gasteiger partial charge in [0.1, 0.15) is 0 Å². The maximum atomic E-state index is 12.7. The van der Waals surface area contributed by atoms with E-state index in [1.807, 2.05) is 18.2 Å². The summed E-state index contributed by atoms with van der Waals surface area (Å²) in [7, 11) is 1.71. The molecule has 2 aliphatic rings. The summed E-state index contributed by atoms with van der Waals surface area (Å²) >= 11 is 0. The van der Waals surface area contributed by atoms with Gasteiger partial charge in [-0.2, -0.15) is 0 Å². The number of benzene rings is 1. The zero-order valence-corrected chi connectivity index (χ0v) is 13.7. The number of nitrogens with one attached hydrogen (secondary N) is 1. The first-order chi connectivity index (χ1) is 11.5. The van der Waals surface area contributed by atoms with Crippen LogP contribution >= 0.6 is 0 Å². The van der Waals surface area contributed by atoms with Crippen LogP contribution in [0.25, 0.3) is 0 Å². The molecule has 1 N–H and O–H groups in total. The summed E-state index contributed by atoms with van der Waals surface area (Å²) < 4.78 is 5.27. The molecular formula is C18H19N3O3. The Labute approximate surface area is 139 Å². The number of hydrogen-bond acceptors (Lipinski definition) is 4. The van der Waals surface area contributed by atoms with Crippen molar-refractivity contribution in [1.82, 2.24) is 10.1 Å². The third-order valence-corrected chi connectivity index (χ3v) is 5.06. The van der Waals surface area contributed by atoms with Crippen LogP contribution in [0.2, 0.25) is 0 Å². The fourth-order valence-electron chi connectivity index (χ4n) is 3.15. The third kappa shape index (κ3) is 2.38. The highest BCUT2D eigenvalue weighted by atomic mass is 16.5. The molecule has 1 unspecified atom stereocenters. The number of hydrogen-bond donors (Lipinski definition) is 1. The van der Waals surface area contributed by atoms with Crippen molar-refractivity contribution in [3.8, 4) is 0 Å². The SMILES string of the molecule is CN1CC(C(=O)Nc2cc(C3(C)CC3)no2)c2ccccc2C1=O. The standard InChI is InChI=1S/C18H19N3O3/c1-18(7-8-18)14-9-15(24-20-14)19-16(22)13-10-21(2)17(23)12-6-4-3-5-11(12)13/h3-6,9,13H,7-8,10H2,1-2H3,(H,19,22). The van der Waals surface area contributed by atoms with Gasteiger partial charge < -0.3 is 9.42 Å². The van der Waals surface area contributed by atoms with Crippen molar-refractivity contribution in [3.05, 3.63) is 47.2 Å². The second kappa shape index (κ2) is 5.19. The van der Waals surface area contributed by atoms with Crippen molar-refractivity contribution >= 4 is 17.7 Å². The van der Waals surface area contributed by atoms with Crippen LogP contribution in [-0.4, -0.2) is 35.5 Å². The maximum absolute atomic E-state index is 12.7. The lowest BCUT2D eigenvalue weighted by atomic mass is 9.89. The first-order valence-electron chi connectivity index (χ1n) is 8.10. The number of carbonyl (C=O) groups excluding carboxylic acids is 2. The van der Waals surface area contributed by atoms with E-state index in [1.165, 1.54) is 0 Å². The van der Waals surface area contributed by atoms with Crippen molar-refractivity contribution < 1.29 is 14.1 Å². The molecule has 0 spiro atoms. The molecule has 1 aromatic carbocycles. The van der Waals surface area contributed by atoms with Crippen molar-refractivity contribution in [1.29, 1.82) is 0 Å². The monoisotopic (exact) mass is 325 g/mol. The van der Waals surface area contributed by atoms with Gasteiger partial charge in [-0.1, -0.05) is 30.3 Å². The summed E-state index contributed by atoms with van der Waals surface area (Å²) in [4.78, 5) is 26.5. The van der Waals surface area contributed by atoms with E-state index in [2.05, 4.69) is 17.4 Å². The van der Waals surface area contributed by atoms with E-state index in [4.69, 9.17) is 4.52 Å². The summed E-state index contributed by atoms with van der Waals surface area (Å²) in [5.41, 5.74) is 2.31. The van der Waals surface area contributed by atoms with Crippen molar-refractivity contribution in [2.24, 2.45) is 0 Å². The lowest BCUT2D eigenvalue weighted by molar-refractivity contribution is -0.118. The van der Waals surface area contributed by atoms with Crippen molar-refractivity contribution in [3.63, 3.8) is 0 Å². The Morgan fingerprint density at radius 2 is 2.12 bits per heavy atom. The van der Waals surface area contributed by atoms with Gasteiger partial charge in [0.15, 0.2) is 0 Å². The van der Waals surface area contributed by atoms with Crippen LogP contribution in [0.5, 0.6) is 0 Å². The Balaban J connectivity index is 1.57. The molecule has 0 saturated heterocycles. The molecule has 24 heavy (non-hydrogen) atoms. The molecule has 124 valence electrons. The highest BCUT2D eigenvalue weighted by Gasteiger charge is 2.42. The lowest BCUT2D eigenvalue weighted by Gasteiger charge is -2.30. The summed E-state index contributed by atoms with van der Waals surface area (Å²) in [6.07, 6.45) is 2.19. The van der Waals surface area contributed by atoms with E-state index in [0.29, 0.717) is 18.0 Å². The number of aromatic nitrogens is 1. The van der Waals surface area contributed by atoms with Crippen molar-refractivity contribution in [2.45, 2.75) is 31.1 Å². The van der Waals surface area contributed by atoms with Crippen LogP contribution < -0.4 is 5.32 Å². The minimum atomic E-state index is -0.422. The van der Waals surface area contributed by atoms with Gasteiger partial charge in [-0.05, 0) is 24.5 Å². The third-order valence-electron chi connectivity index (χ3n) is 5.06. The quantitative estimate of drug-likeness (QED) is 0.941. The number of anilines is 1. The van der Waals surface area contributed by atoms with E-state index in [0.717, 1.165) is 24.1 Å². The molecule has 0 radical (unpaired) electrons. The summed E-state index contributed by atoms with van der Waals surface area (Å²) in [5.74, 6) is -0.308. The van der Waals surface area contributed by atoms with Gasteiger partial charge in [0.25, 0.3) is 5.91 Å². The van der Waals surface area contributed by atoms with Crippen LogP contribution in [0.3, 0.4) is 0 Å². The molecule has 4 rings (SSSR count). The van der Waals surface area contributed by atoms with Crippen LogP contribution in [-0.2, 0) is 10.2 Å². The Bertz CT molecular complexity index is 822. The summed E-state index contributed by atoms with van der Waals surface area (Å²) in [5, 5.41) is 6.87. The second-order valence-corrected chi connectivity index (χ2v) is 6.95.